The van der Waals surface area contributed by atoms with Crippen LogP contribution in [0.25, 0.3) is 0 Å². The van der Waals surface area contributed by atoms with Crippen molar-refractivity contribution in [2.24, 2.45) is 0 Å². The molecule has 8 heteroatoms. The lowest BCUT2D eigenvalue weighted by molar-refractivity contribution is 0.242. The summed E-state index contributed by atoms with van der Waals surface area (Å²) in [6.07, 6.45) is 0. The molecule has 3 aromatic carbocycles. The molecule has 1 saturated heterocycles. The van der Waals surface area contributed by atoms with Gasteiger partial charge in [0.15, 0.2) is 5.82 Å². The van der Waals surface area contributed by atoms with Crippen LogP contribution in [0.5, 0.6) is 0 Å². The third-order valence-corrected chi connectivity index (χ3v) is 7.16. The molecule has 0 aliphatic carbocycles. The highest BCUT2D eigenvalue weighted by Crippen LogP contribution is 2.33. The molecule has 0 atom stereocenters. The highest BCUT2D eigenvalue weighted by atomic mass is 35.5. The van der Waals surface area contributed by atoms with Crippen LogP contribution in [-0.4, -0.2) is 57.8 Å². The summed E-state index contributed by atoms with van der Waals surface area (Å²) in [4.78, 5) is 4.74. The number of piperazine rings is 1. The number of hydrogen-bond acceptors (Lipinski definition) is 5. The van der Waals surface area contributed by atoms with E-state index in [2.05, 4.69) is 73.9 Å². The van der Waals surface area contributed by atoms with E-state index in [0.29, 0.717) is 10.0 Å². The monoisotopic (exact) mass is 492 g/mol. The van der Waals surface area contributed by atoms with Gasteiger partial charge < -0.3 is 4.90 Å². The van der Waals surface area contributed by atoms with Gasteiger partial charge in [-0.3, -0.25) is 4.90 Å². The first-order valence-electron chi connectivity index (χ1n) is 11.5. The van der Waals surface area contributed by atoms with Gasteiger partial charge in [-0.25, -0.2) is 4.68 Å². The van der Waals surface area contributed by atoms with Crippen LogP contribution >= 0.6 is 23.2 Å². The fourth-order valence-electron chi connectivity index (χ4n) is 4.54. The summed E-state index contributed by atoms with van der Waals surface area (Å²) in [6.45, 7) is 5.31. The Hall–Kier alpha value is -2.93. The van der Waals surface area contributed by atoms with Crippen molar-refractivity contribution >= 4 is 28.9 Å². The van der Waals surface area contributed by atoms with Gasteiger partial charge in [0.1, 0.15) is 0 Å². The van der Waals surface area contributed by atoms with Crippen LogP contribution in [0.1, 0.15) is 22.9 Å². The van der Waals surface area contributed by atoms with Gasteiger partial charge in [0, 0.05) is 32.7 Å². The van der Waals surface area contributed by atoms with Gasteiger partial charge in [0.05, 0.1) is 28.2 Å². The minimum absolute atomic E-state index is 0.0146. The molecule has 4 aromatic rings. The van der Waals surface area contributed by atoms with Crippen molar-refractivity contribution in [1.82, 2.24) is 25.1 Å². The summed E-state index contributed by atoms with van der Waals surface area (Å²) in [7, 11) is 0. The number of nitrogens with zero attached hydrogens (tertiary/aromatic N) is 6. The van der Waals surface area contributed by atoms with Crippen molar-refractivity contribution in [1.29, 1.82) is 0 Å². The van der Waals surface area contributed by atoms with E-state index in [4.69, 9.17) is 23.2 Å². The number of benzene rings is 3. The predicted molar refractivity (Wildman–Crippen MR) is 137 cm³/mol. The van der Waals surface area contributed by atoms with Gasteiger partial charge in [-0.15, -0.1) is 5.10 Å². The Morgan fingerprint density at radius 1 is 0.735 bits per heavy atom. The van der Waals surface area contributed by atoms with E-state index in [1.165, 1.54) is 11.1 Å². The molecule has 5 rings (SSSR count). The minimum Gasteiger partial charge on any atom is -0.368 e. The summed E-state index contributed by atoms with van der Waals surface area (Å²) >= 11 is 12.6. The zero-order valence-electron chi connectivity index (χ0n) is 18.8. The second-order valence-electron chi connectivity index (χ2n) is 8.42. The lowest BCUT2D eigenvalue weighted by atomic mass is 9.90. The topological polar surface area (TPSA) is 50.1 Å². The summed E-state index contributed by atoms with van der Waals surface area (Å²) in [5, 5.41) is 14.1. The minimum atomic E-state index is -0.0146. The van der Waals surface area contributed by atoms with E-state index >= 15 is 0 Å². The smallest absolute Gasteiger partial charge is 0.163 e. The zero-order valence-corrected chi connectivity index (χ0v) is 20.3. The first-order valence-corrected chi connectivity index (χ1v) is 12.2. The molecule has 2 heterocycles. The van der Waals surface area contributed by atoms with Gasteiger partial charge in [0.25, 0.3) is 0 Å². The maximum Gasteiger partial charge on any atom is 0.163 e. The first-order chi connectivity index (χ1) is 16.7. The van der Waals surface area contributed by atoms with E-state index in [1.807, 2.05) is 35.0 Å². The summed E-state index contributed by atoms with van der Waals surface area (Å²) in [5.41, 5.74) is 3.36. The normalized spacial score (nSPS) is 14.6. The van der Waals surface area contributed by atoms with Crippen LogP contribution in [-0.2, 0) is 6.54 Å². The van der Waals surface area contributed by atoms with Crippen molar-refractivity contribution in [3.05, 3.63) is 106 Å². The third-order valence-electron chi connectivity index (χ3n) is 6.36. The van der Waals surface area contributed by atoms with Gasteiger partial charge in [-0.05, 0) is 33.7 Å². The van der Waals surface area contributed by atoms with Crippen LogP contribution < -0.4 is 4.90 Å². The van der Waals surface area contributed by atoms with E-state index in [-0.39, 0.29) is 5.92 Å². The number of aromatic nitrogens is 4. The second-order valence-corrected chi connectivity index (χ2v) is 9.20. The maximum absolute atomic E-state index is 6.43. The van der Waals surface area contributed by atoms with Crippen LogP contribution in [0.4, 0.5) is 5.69 Å². The molecule has 0 radical (unpaired) electrons. The molecule has 1 aromatic heterocycles. The van der Waals surface area contributed by atoms with Crippen molar-refractivity contribution in [3.63, 3.8) is 0 Å². The molecular weight excluding hydrogens is 467 g/mol. The molecule has 6 nitrogen and oxygen atoms in total. The van der Waals surface area contributed by atoms with Crippen molar-refractivity contribution in [2.45, 2.75) is 12.5 Å². The van der Waals surface area contributed by atoms with Gasteiger partial charge in [-0.2, -0.15) is 0 Å². The lowest BCUT2D eigenvalue weighted by Gasteiger charge is -2.36. The number of hydrogen-bond donors (Lipinski definition) is 0. The maximum atomic E-state index is 6.43. The molecule has 0 saturated carbocycles. The molecule has 0 spiro atoms. The average molecular weight is 493 g/mol. The SMILES string of the molecule is Clc1cccc(N2CCN(CCn3nnnc3C(c3ccccc3)c3ccccc3)CC2)c1Cl. The highest BCUT2D eigenvalue weighted by Gasteiger charge is 2.24. The zero-order chi connectivity index (χ0) is 23.3. The number of rotatable bonds is 7. The molecule has 0 bridgehead atoms. The highest BCUT2D eigenvalue weighted by molar-refractivity contribution is 6.43. The molecule has 1 aliphatic heterocycles. The molecule has 174 valence electrons. The molecule has 1 aliphatic rings. The van der Waals surface area contributed by atoms with Crippen LogP contribution in [0.3, 0.4) is 0 Å². The van der Waals surface area contributed by atoms with Crippen LogP contribution in [0, 0.1) is 0 Å². The van der Waals surface area contributed by atoms with Crippen molar-refractivity contribution in [2.75, 3.05) is 37.6 Å². The number of tetrazole rings is 1. The van der Waals surface area contributed by atoms with E-state index in [1.54, 1.807) is 0 Å². The number of halogens is 2. The van der Waals surface area contributed by atoms with Crippen LogP contribution in [0.15, 0.2) is 78.9 Å². The molecule has 0 N–H and O–H groups in total. The number of anilines is 1. The summed E-state index contributed by atoms with van der Waals surface area (Å²) in [6, 6.07) is 26.7. The van der Waals surface area contributed by atoms with Crippen LogP contribution in [0.2, 0.25) is 10.0 Å². The van der Waals surface area contributed by atoms with Gasteiger partial charge in [-0.1, -0.05) is 89.9 Å². The fraction of sp³-hybridized carbons (Fsp3) is 0.269. The largest absolute Gasteiger partial charge is 0.368 e. The van der Waals surface area contributed by atoms with E-state index in [9.17, 15) is 0 Å². The Morgan fingerprint density at radius 2 is 1.38 bits per heavy atom. The molecule has 1 fully saturated rings. The average Bonchev–Trinajstić information content (AvgIpc) is 3.34. The first kappa shape index (κ1) is 22.8. The van der Waals surface area contributed by atoms with E-state index < -0.39 is 0 Å². The summed E-state index contributed by atoms with van der Waals surface area (Å²) < 4.78 is 1.95. The summed E-state index contributed by atoms with van der Waals surface area (Å²) in [5.74, 6) is 0.848. The van der Waals surface area contributed by atoms with Crippen molar-refractivity contribution < 1.29 is 0 Å². The Kier molecular flexibility index (Phi) is 7.09. The Bertz CT molecular complexity index is 1170. The second kappa shape index (κ2) is 10.6. The standard InChI is InChI=1S/C26H26Cl2N6/c27-22-12-7-13-23(25(22)28)33-17-14-32(15-18-33)16-19-34-26(29-30-31-34)24(20-8-3-1-4-9-20)21-10-5-2-6-11-21/h1-13,24H,14-19H2. The molecular formula is C26H26Cl2N6. The Morgan fingerprint density at radius 3 is 2.03 bits per heavy atom. The third kappa shape index (κ3) is 4.94. The van der Waals surface area contributed by atoms with E-state index in [0.717, 1.165) is 50.8 Å². The quantitative estimate of drug-likeness (QED) is 0.364. The fourth-order valence-corrected chi connectivity index (χ4v) is 4.96. The molecule has 0 unspecified atom stereocenters. The molecule has 0 amide bonds. The van der Waals surface area contributed by atoms with Gasteiger partial charge >= 0.3 is 0 Å². The van der Waals surface area contributed by atoms with Crippen molar-refractivity contribution in [3.8, 4) is 0 Å². The Labute approximate surface area is 209 Å². The Balaban J connectivity index is 1.27. The lowest BCUT2D eigenvalue weighted by Crippen LogP contribution is -2.47. The van der Waals surface area contributed by atoms with Gasteiger partial charge in [0.2, 0.25) is 0 Å². The predicted octanol–water partition coefficient (Wildman–Crippen LogP) is 4.98. The molecule has 34 heavy (non-hydrogen) atoms.